The maximum atomic E-state index is 8.81. The Kier molecular flexibility index (Phi) is 3.44. The lowest BCUT2D eigenvalue weighted by Gasteiger charge is -2.19. The minimum absolute atomic E-state index is 0.438. The highest BCUT2D eigenvalue weighted by Crippen LogP contribution is 2.18. The van der Waals surface area contributed by atoms with Gasteiger partial charge in [-0.2, -0.15) is 5.26 Å². The van der Waals surface area contributed by atoms with Crippen molar-refractivity contribution in [3.8, 4) is 6.07 Å². The molecule has 0 unspecified atom stereocenters. The van der Waals surface area contributed by atoms with E-state index in [4.69, 9.17) is 11.0 Å². The summed E-state index contributed by atoms with van der Waals surface area (Å²) in [7, 11) is 1.99. The van der Waals surface area contributed by atoms with E-state index in [1.54, 1.807) is 12.3 Å². The minimum Gasteiger partial charge on any atom is -0.399 e. The van der Waals surface area contributed by atoms with E-state index in [1.165, 1.54) is 0 Å². The largest absolute Gasteiger partial charge is 0.399 e. The number of aromatic nitrogens is 1. The maximum Gasteiger partial charge on any atom is 0.140 e. The molecule has 1 aromatic carbocycles. The number of nitrogen functional groups attached to an aromatic ring is 1. The van der Waals surface area contributed by atoms with E-state index in [-0.39, 0.29) is 0 Å². The summed E-state index contributed by atoms with van der Waals surface area (Å²) >= 11 is 0. The molecule has 0 aliphatic heterocycles. The van der Waals surface area contributed by atoms with Crippen molar-refractivity contribution in [2.45, 2.75) is 6.54 Å². The monoisotopic (exact) mass is 238 g/mol. The van der Waals surface area contributed by atoms with E-state index in [2.05, 4.69) is 9.88 Å². The van der Waals surface area contributed by atoms with Gasteiger partial charge in [-0.25, -0.2) is 4.98 Å². The SMILES string of the molecule is CN(Cc1ccnc(C#N)c1)c1cccc(N)c1. The Morgan fingerprint density at radius 2 is 2.17 bits per heavy atom. The summed E-state index contributed by atoms with van der Waals surface area (Å²) in [5, 5.41) is 8.81. The summed E-state index contributed by atoms with van der Waals surface area (Å²) in [6, 6.07) is 13.5. The Bertz CT molecular complexity index is 586. The molecule has 1 heterocycles. The number of benzene rings is 1. The molecule has 2 aromatic rings. The highest BCUT2D eigenvalue weighted by atomic mass is 15.1. The lowest BCUT2D eigenvalue weighted by molar-refractivity contribution is 0.918. The van der Waals surface area contributed by atoms with Crippen molar-refractivity contribution in [1.29, 1.82) is 5.26 Å². The first-order chi connectivity index (χ1) is 8.69. The zero-order chi connectivity index (χ0) is 13.0. The summed E-state index contributed by atoms with van der Waals surface area (Å²) in [6.07, 6.45) is 1.65. The number of nitrogens with zero attached hydrogens (tertiary/aromatic N) is 3. The number of nitriles is 1. The zero-order valence-corrected chi connectivity index (χ0v) is 10.2. The van der Waals surface area contributed by atoms with Crippen molar-refractivity contribution in [2.75, 3.05) is 17.7 Å². The van der Waals surface area contributed by atoms with Gasteiger partial charge < -0.3 is 10.6 Å². The van der Waals surface area contributed by atoms with Crippen molar-refractivity contribution < 1.29 is 0 Å². The van der Waals surface area contributed by atoms with Crippen LogP contribution in [0, 0.1) is 11.3 Å². The normalized spacial score (nSPS) is 9.78. The quantitative estimate of drug-likeness (QED) is 0.832. The Balaban J connectivity index is 2.16. The van der Waals surface area contributed by atoms with Gasteiger partial charge in [0.25, 0.3) is 0 Å². The molecule has 0 spiro atoms. The van der Waals surface area contributed by atoms with Crippen LogP contribution in [0.25, 0.3) is 0 Å². The Hall–Kier alpha value is -2.54. The average molecular weight is 238 g/mol. The first kappa shape index (κ1) is 11.9. The summed E-state index contributed by atoms with van der Waals surface area (Å²) in [5.74, 6) is 0. The molecule has 4 heteroatoms. The lowest BCUT2D eigenvalue weighted by atomic mass is 10.2. The van der Waals surface area contributed by atoms with Gasteiger partial charge in [0.05, 0.1) is 0 Å². The fraction of sp³-hybridized carbons (Fsp3) is 0.143. The molecule has 0 aliphatic rings. The van der Waals surface area contributed by atoms with Crippen LogP contribution in [0.15, 0.2) is 42.6 Å². The molecule has 0 aliphatic carbocycles. The fourth-order valence-corrected chi connectivity index (χ4v) is 1.76. The van der Waals surface area contributed by atoms with Gasteiger partial charge in [0.1, 0.15) is 11.8 Å². The summed E-state index contributed by atoms with van der Waals surface area (Å²) in [4.78, 5) is 6.03. The van der Waals surface area contributed by atoms with Crippen LogP contribution in [0.5, 0.6) is 0 Å². The second-order valence-corrected chi connectivity index (χ2v) is 4.11. The van der Waals surface area contributed by atoms with Gasteiger partial charge in [-0.15, -0.1) is 0 Å². The van der Waals surface area contributed by atoms with E-state index in [9.17, 15) is 0 Å². The Morgan fingerprint density at radius 1 is 1.33 bits per heavy atom. The standard InChI is InChI=1S/C14H14N4/c1-18(14-4-2-3-12(16)8-14)10-11-5-6-17-13(7-11)9-15/h2-8H,10,16H2,1H3. The minimum atomic E-state index is 0.438. The van der Waals surface area contributed by atoms with Gasteiger partial charge in [-0.3, -0.25) is 0 Å². The van der Waals surface area contributed by atoms with Crippen LogP contribution < -0.4 is 10.6 Å². The predicted octanol–water partition coefficient (Wildman–Crippen LogP) is 2.17. The van der Waals surface area contributed by atoms with E-state index in [0.29, 0.717) is 12.2 Å². The number of nitrogens with two attached hydrogens (primary N) is 1. The molecular weight excluding hydrogens is 224 g/mol. The Morgan fingerprint density at radius 3 is 2.89 bits per heavy atom. The van der Waals surface area contributed by atoms with Crippen LogP contribution in [-0.4, -0.2) is 12.0 Å². The van der Waals surface area contributed by atoms with Crippen LogP contribution in [0.2, 0.25) is 0 Å². The number of anilines is 2. The number of hydrogen-bond donors (Lipinski definition) is 1. The summed E-state index contributed by atoms with van der Waals surface area (Å²) in [5.41, 5.74) is 9.03. The molecule has 0 bridgehead atoms. The van der Waals surface area contributed by atoms with Gasteiger partial charge in [0, 0.05) is 31.2 Å². The van der Waals surface area contributed by atoms with Crippen LogP contribution in [0.4, 0.5) is 11.4 Å². The molecule has 0 radical (unpaired) electrons. The molecule has 4 nitrogen and oxygen atoms in total. The van der Waals surface area contributed by atoms with Crippen molar-refractivity contribution in [2.24, 2.45) is 0 Å². The van der Waals surface area contributed by atoms with Crippen LogP contribution in [-0.2, 0) is 6.54 Å². The lowest BCUT2D eigenvalue weighted by Crippen LogP contribution is -2.16. The van der Waals surface area contributed by atoms with E-state index >= 15 is 0 Å². The van der Waals surface area contributed by atoms with Crippen molar-refractivity contribution in [3.63, 3.8) is 0 Å². The Labute approximate surface area is 106 Å². The third-order valence-electron chi connectivity index (χ3n) is 2.67. The molecule has 0 saturated carbocycles. The molecule has 0 saturated heterocycles. The van der Waals surface area contributed by atoms with Crippen molar-refractivity contribution in [3.05, 3.63) is 53.9 Å². The van der Waals surface area contributed by atoms with Gasteiger partial charge in [-0.05, 0) is 35.9 Å². The van der Waals surface area contributed by atoms with Crippen molar-refractivity contribution >= 4 is 11.4 Å². The molecule has 0 atom stereocenters. The molecule has 90 valence electrons. The van der Waals surface area contributed by atoms with Gasteiger partial charge in [0.15, 0.2) is 0 Å². The van der Waals surface area contributed by atoms with E-state index < -0.39 is 0 Å². The molecule has 2 N–H and O–H groups in total. The molecule has 0 fully saturated rings. The summed E-state index contributed by atoms with van der Waals surface area (Å²) < 4.78 is 0. The third kappa shape index (κ3) is 2.77. The van der Waals surface area contributed by atoms with Crippen LogP contribution in [0.1, 0.15) is 11.3 Å². The molecule has 0 amide bonds. The number of hydrogen-bond acceptors (Lipinski definition) is 4. The first-order valence-corrected chi connectivity index (χ1v) is 5.61. The highest BCUT2D eigenvalue weighted by molar-refractivity contribution is 5.55. The van der Waals surface area contributed by atoms with Crippen LogP contribution >= 0.6 is 0 Å². The summed E-state index contributed by atoms with van der Waals surface area (Å²) in [6.45, 7) is 0.709. The average Bonchev–Trinajstić information content (AvgIpc) is 2.39. The predicted molar refractivity (Wildman–Crippen MR) is 71.9 cm³/mol. The number of pyridine rings is 1. The van der Waals surface area contributed by atoms with Gasteiger partial charge in [0.2, 0.25) is 0 Å². The van der Waals surface area contributed by atoms with Gasteiger partial charge in [-0.1, -0.05) is 6.07 Å². The smallest absolute Gasteiger partial charge is 0.140 e. The molecule has 1 aromatic heterocycles. The van der Waals surface area contributed by atoms with E-state index in [0.717, 1.165) is 16.9 Å². The maximum absolute atomic E-state index is 8.81. The number of rotatable bonds is 3. The second-order valence-electron chi connectivity index (χ2n) is 4.11. The molecule has 18 heavy (non-hydrogen) atoms. The first-order valence-electron chi connectivity index (χ1n) is 5.61. The van der Waals surface area contributed by atoms with E-state index in [1.807, 2.05) is 43.4 Å². The second kappa shape index (κ2) is 5.19. The van der Waals surface area contributed by atoms with Gasteiger partial charge >= 0.3 is 0 Å². The zero-order valence-electron chi connectivity index (χ0n) is 10.2. The topological polar surface area (TPSA) is 65.9 Å². The molecular formula is C14H14N4. The fourth-order valence-electron chi connectivity index (χ4n) is 1.76. The highest BCUT2D eigenvalue weighted by Gasteiger charge is 2.03. The molecule has 2 rings (SSSR count). The van der Waals surface area contributed by atoms with Crippen molar-refractivity contribution in [1.82, 2.24) is 4.98 Å². The van der Waals surface area contributed by atoms with Crippen LogP contribution in [0.3, 0.4) is 0 Å². The third-order valence-corrected chi connectivity index (χ3v) is 2.67.